The Morgan fingerprint density at radius 3 is 2.07 bits per heavy atom. The number of para-hydroxylation sites is 3. The van der Waals surface area contributed by atoms with Gasteiger partial charge in [0.05, 0.1) is 11.0 Å². The molecule has 0 spiro atoms. The Labute approximate surface area is 156 Å². The lowest BCUT2D eigenvalue weighted by Gasteiger charge is -2.10. The summed E-state index contributed by atoms with van der Waals surface area (Å²) in [6, 6.07) is 31.4. The van der Waals surface area contributed by atoms with Crippen LogP contribution in [0.4, 0.5) is 15.8 Å². The number of aromatic nitrogens is 1. The molecule has 1 heterocycles. The monoisotopic (exact) mass is 352 g/mol. The van der Waals surface area contributed by atoms with Gasteiger partial charge in [0.1, 0.15) is 5.82 Å². The standard InChI is InChI=1S/C24H17FN2/c25-22-16-18(26-17-9-3-1-4-10-17)15-21-20-13-7-8-14-23(20)27(24(21)22)19-11-5-2-6-12-19/h1-16,26H. The van der Waals surface area contributed by atoms with Crippen LogP contribution in [0.5, 0.6) is 0 Å². The maximum Gasteiger partial charge on any atom is 0.149 e. The number of rotatable bonds is 3. The molecule has 3 heteroatoms. The maximum absolute atomic E-state index is 15.3. The molecule has 4 aromatic carbocycles. The van der Waals surface area contributed by atoms with E-state index in [0.717, 1.165) is 33.4 Å². The molecule has 0 atom stereocenters. The second kappa shape index (κ2) is 6.29. The van der Waals surface area contributed by atoms with Crippen LogP contribution in [0, 0.1) is 5.82 Å². The molecule has 1 aromatic heterocycles. The number of hydrogen-bond donors (Lipinski definition) is 1. The Hall–Kier alpha value is -3.59. The molecule has 1 N–H and O–H groups in total. The summed E-state index contributed by atoms with van der Waals surface area (Å²) >= 11 is 0. The summed E-state index contributed by atoms with van der Waals surface area (Å²) < 4.78 is 17.3. The molecule has 0 aliphatic carbocycles. The van der Waals surface area contributed by atoms with E-state index in [4.69, 9.17) is 0 Å². The van der Waals surface area contributed by atoms with Crippen LogP contribution in [0.2, 0.25) is 0 Å². The minimum atomic E-state index is -0.244. The molecular formula is C24H17FN2. The van der Waals surface area contributed by atoms with Gasteiger partial charge in [-0.1, -0.05) is 54.6 Å². The molecule has 130 valence electrons. The highest BCUT2D eigenvalue weighted by molar-refractivity contribution is 6.10. The third kappa shape index (κ3) is 2.64. The fourth-order valence-electron chi connectivity index (χ4n) is 3.65. The Morgan fingerprint density at radius 2 is 1.30 bits per heavy atom. The van der Waals surface area contributed by atoms with E-state index >= 15 is 4.39 Å². The van der Waals surface area contributed by atoms with E-state index in [-0.39, 0.29) is 5.82 Å². The highest BCUT2D eigenvalue weighted by atomic mass is 19.1. The average molecular weight is 352 g/mol. The second-order valence-corrected chi connectivity index (χ2v) is 6.53. The van der Waals surface area contributed by atoms with Crippen molar-refractivity contribution in [2.24, 2.45) is 0 Å². The highest BCUT2D eigenvalue weighted by Gasteiger charge is 2.16. The summed E-state index contributed by atoms with van der Waals surface area (Å²) in [4.78, 5) is 0. The molecule has 0 saturated carbocycles. The van der Waals surface area contributed by atoms with Gasteiger partial charge in [-0.25, -0.2) is 4.39 Å². The minimum Gasteiger partial charge on any atom is -0.355 e. The molecule has 27 heavy (non-hydrogen) atoms. The Kier molecular flexibility index (Phi) is 3.65. The number of fused-ring (bicyclic) bond motifs is 3. The first-order chi connectivity index (χ1) is 13.3. The number of benzene rings is 4. The third-order valence-electron chi connectivity index (χ3n) is 4.80. The van der Waals surface area contributed by atoms with E-state index in [1.165, 1.54) is 0 Å². The lowest BCUT2D eigenvalue weighted by Crippen LogP contribution is -1.96. The van der Waals surface area contributed by atoms with Crippen LogP contribution in [0.3, 0.4) is 0 Å². The van der Waals surface area contributed by atoms with Crippen LogP contribution in [0.1, 0.15) is 0 Å². The molecule has 0 unspecified atom stereocenters. The van der Waals surface area contributed by atoms with Crippen LogP contribution in [0.25, 0.3) is 27.5 Å². The molecule has 0 fully saturated rings. The van der Waals surface area contributed by atoms with Gasteiger partial charge < -0.3 is 9.88 Å². The van der Waals surface area contributed by atoms with Crippen molar-refractivity contribution >= 4 is 33.2 Å². The van der Waals surface area contributed by atoms with Gasteiger partial charge in [-0.05, 0) is 42.5 Å². The van der Waals surface area contributed by atoms with Crippen LogP contribution in [-0.2, 0) is 0 Å². The van der Waals surface area contributed by atoms with E-state index in [0.29, 0.717) is 5.52 Å². The number of anilines is 2. The SMILES string of the molecule is Fc1cc(Nc2ccccc2)cc2c3ccccc3n(-c3ccccc3)c12. The minimum absolute atomic E-state index is 0.244. The number of nitrogens with one attached hydrogen (secondary N) is 1. The van der Waals surface area contributed by atoms with E-state index in [1.807, 2.05) is 95.6 Å². The molecule has 0 aliphatic heterocycles. The van der Waals surface area contributed by atoms with Crippen molar-refractivity contribution in [1.29, 1.82) is 0 Å². The van der Waals surface area contributed by atoms with E-state index in [2.05, 4.69) is 5.32 Å². The van der Waals surface area contributed by atoms with Crippen LogP contribution < -0.4 is 5.32 Å². The lowest BCUT2D eigenvalue weighted by molar-refractivity contribution is 0.635. The first kappa shape index (κ1) is 15.6. The Morgan fingerprint density at radius 1 is 0.630 bits per heavy atom. The lowest BCUT2D eigenvalue weighted by atomic mass is 10.1. The second-order valence-electron chi connectivity index (χ2n) is 6.53. The summed E-state index contributed by atoms with van der Waals surface area (Å²) in [5.74, 6) is -0.244. The summed E-state index contributed by atoms with van der Waals surface area (Å²) in [5, 5.41) is 5.23. The molecule has 0 bridgehead atoms. The normalized spacial score (nSPS) is 11.1. The maximum atomic E-state index is 15.3. The smallest absolute Gasteiger partial charge is 0.149 e. The average Bonchev–Trinajstić information content (AvgIpc) is 3.05. The van der Waals surface area contributed by atoms with Crippen molar-refractivity contribution in [1.82, 2.24) is 4.57 Å². The van der Waals surface area contributed by atoms with Gasteiger partial charge in [0.25, 0.3) is 0 Å². The van der Waals surface area contributed by atoms with Crippen LogP contribution in [-0.4, -0.2) is 4.57 Å². The molecule has 0 amide bonds. The first-order valence-electron chi connectivity index (χ1n) is 8.91. The van der Waals surface area contributed by atoms with Gasteiger partial charge in [-0.15, -0.1) is 0 Å². The van der Waals surface area contributed by atoms with Gasteiger partial charge >= 0.3 is 0 Å². The van der Waals surface area contributed by atoms with Gasteiger partial charge in [0, 0.05) is 27.8 Å². The van der Waals surface area contributed by atoms with E-state index < -0.39 is 0 Å². The van der Waals surface area contributed by atoms with Gasteiger partial charge in [0.15, 0.2) is 0 Å². The van der Waals surface area contributed by atoms with Crippen molar-refractivity contribution in [2.75, 3.05) is 5.32 Å². The van der Waals surface area contributed by atoms with E-state index in [1.54, 1.807) is 6.07 Å². The topological polar surface area (TPSA) is 17.0 Å². The molecule has 0 saturated heterocycles. The first-order valence-corrected chi connectivity index (χ1v) is 8.91. The highest BCUT2D eigenvalue weighted by Crippen LogP contribution is 2.35. The zero-order chi connectivity index (χ0) is 18.2. The zero-order valence-corrected chi connectivity index (χ0v) is 14.6. The molecular weight excluding hydrogens is 335 g/mol. The largest absolute Gasteiger partial charge is 0.355 e. The summed E-state index contributed by atoms with van der Waals surface area (Å²) in [7, 11) is 0. The molecule has 5 rings (SSSR count). The fraction of sp³-hybridized carbons (Fsp3) is 0. The summed E-state index contributed by atoms with van der Waals surface area (Å²) in [5.41, 5.74) is 4.21. The molecule has 0 radical (unpaired) electrons. The van der Waals surface area contributed by atoms with Crippen molar-refractivity contribution in [3.63, 3.8) is 0 Å². The van der Waals surface area contributed by atoms with Crippen molar-refractivity contribution in [3.8, 4) is 5.69 Å². The molecule has 2 nitrogen and oxygen atoms in total. The summed E-state index contributed by atoms with van der Waals surface area (Å²) in [6.45, 7) is 0. The predicted octanol–water partition coefficient (Wildman–Crippen LogP) is 6.67. The fourth-order valence-corrected chi connectivity index (χ4v) is 3.65. The third-order valence-corrected chi connectivity index (χ3v) is 4.80. The quantitative estimate of drug-likeness (QED) is 0.384. The number of hydrogen-bond acceptors (Lipinski definition) is 1. The number of halogens is 1. The van der Waals surface area contributed by atoms with Crippen LogP contribution >= 0.6 is 0 Å². The molecule has 5 aromatic rings. The Balaban J connectivity index is 1.78. The van der Waals surface area contributed by atoms with Gasteiger partial charge in [0.2, 0.25) is 0 Å². The van der Waals surface area contributed by atoms with Crippen molar-refractivity contribution < 1.29 is 4.39 Å². The Bertz CT molecular complexity index is 1240. The van der Waals surface area contributed by atoms with Crippen molar-refractivity contribution in [2.45, 2.75) is 0 Å². The summed E-state index contributed by atoms with van der Waals surface area (Å²) in [6.07, 6.45) is 0. The van der Waals surface area contributed by atoms with Gasteiger partial charge in [-0.2, -0.15) is 0 Å². The van der Waals surface area contributed by atoms with E-state index in [9.17, 15) is 0 Å². The van der Waals surface area contributed by atoms with Crippen molar-refractivity contribution in [3.05, 3.63) is 103 Å². The predicted molar refractivity (Wildman–Crippen MR) is 110 cm³/mol. The zero-order valence-electron chi connectivity index (χ0n) is 14.6. The number of nitrogens with zero attached hydrogens (tertiary/aromatic N) is 1. The van der Waals surface area contributed by atoms with Crippen LogP contribution in [0.15, 0.2) is 97.1 Å². The molecule has 0 aliphatic rings. The van der Waals surface area contributed by atoms with Gasteiger partial charge in [-0.3, -0.25) is 0 Å².